The molecule has 0 aromatic heterocycles. The molecule has 6 heteroatoms. The van der Waals surface area contributed by atoms with Crippen LogP contribution < -0.4 is 14.8 Å². The molecular weight excluding hydrogens is 481 g/mol. The summed E-state index contributed by atoms with van der Waals surface area (Å²) in [5.41, 5.74) is 4.22. The molecule has 1 N–H and O–H groups in total. The number of allylic oxidation sites excluding steroid dienone is 4. The second-order valence-corrected chi connectivity index (χ2v) is 12.2. The Morgan fingerprint density at radius 3 is 2.03 bits per heavy atom. The van der Waals surface area contributed by atoms with Crippen molar-refractivity contribution in [2.45, 2.75) is 72.8 Å². The molecule has 5 nitrogen and oxygen atoms in total. The summed E-state index contributed by atoms with van der Waals surface area (Å²) in [6, 6.07) is 12.1. The van der Waals surface area contributed by atoms with Gasteiger partial charge in [0.15, 0.2) is 23.1 Å². The minimum absolute atomic E-state index is 0.0607. The molecule has 2 aromatic rings. The number of Topliss-reactive ketones (excluding diaryl/α,β-unsaturated/α-hetero) is 2. The minimum Gasteiger partial charge on any atom is -0.490 e. The van der Waals surface area contributed by atoms with E-state index in [1.54, 1.807) is 24.3 Å². The summed E-state index contributed by atoms with van der Waals surface area (Å²) in [6.07, 6.45) is 2.37. The van der Waals surface area contributed by atoms with E-state index in [9.17, 15) is 14.0 Å². The van der Waals surface area contributed by atoms with E-state index in [0.29, 0.717) is 47.7 Å². The van der Waals surface area contributed by atoms with Crippen molar-refractivity contribution in [1.29, 1.82) is 0 Å². The van der Waals surface area contributed by atoms with Crippen LogP contribution in [0, 0.1) is 16.6 Å². The van der Waals surface area contributed by atoms with Gasteiger partial charge in [-0.3, -0.25) is 9.59 Å². The summed E-state index contributed by atoms with van der Waals surface area (Å²) in [6.45, 7) is 10.8. The Balaban J connectivity index is 1.58. The van der Waals surface area contributed by atoms with Crippen LogP contribution in [0.25, 0.3) is 0 Å². The van der Waals surface area contributed by atoms with Crippen LogP contribution in [0.15, 0.2) is 65.0 Å². The number of ether oxygens (including phenoxy) is 2. The standard InChI is InChI=1S/C32H36FNO4/c1-6-37-27-13-19(11-12-26(27)38-18-20-9-7-8-10-21(20)33)28-29-22(14-31(2,3)16-24(29)35)34-23-15-32(4,5)17-25(36)30(23)28/h7-13,28,34H,6,14-18H2,1-5H3. The van der Waals surface area contributed by atoms with Crippen molar-refractivity contribution in [2.75, 3.05) is 6.61 Å². The molecule has 0 bridgehead atoms. The number of ketones is 2. The monoisotopic (exact) mass is 517 g/mol. The summed E-state index contributed by atoms with van der Waals surface area (Å²) < 4.78 is 26.1. The quantitative estimate of drug-likeness (QED) is 0.458. The molecule has 0 saturated heterocycles. The van der Waals surface area contributed by atoms with Gasteiger partial charge in [0, 0.05) is 46.9 Å². The molecule has 1 heterocycles. The molecule has 0 atom stereocenters. The predicted octanol–water partition coefficient (Wildman–Crippen LogP) is 6.78. The van der Waals surface area contributed by atoms with E-state index in [-0.39, 0.29) is 34.8 Å². The lowest BCUT2D eigenvalue weighted by Crippen LogP contribution is -2.42. The Hall–Kier alpha value is -3.41. The zero-order valence-electron chi connectivity index (χ0n) is 22.9. The van der Waals surface area contributed by atoms with Gasteiger partial charge in [-0.2, -0.15) is 0 Å². The first-order chi connectivity index (χ1) is 18.0. The van der Waals surface area contributed by atoms with Crippen molar-refractivity contribution < 1.29 is 23.5 Å². The summed E-state index contributed by atoms with van der Waals surface area (Å²) in [4.78, 5) is 27.2. The smallest absolute Gasteiger partial charge is 0.162 e. The molecule has 0 spiro atoms. The third kappa shape index (κ3) is 5.01. The minimum atomic E-state index is -0.451. The van der Waals surface area contributed by atoms with Gasteiger partial charge in [0.2, 0.25) is 0 Å². The maximum atomic E-state index is 14.2. The van der Waals surface area contributed by atoms with Crippen LogP contribution in [0.4, 0.5) is 4.39 Å². The Kier molecular flexibility index (Phi) is 6.70. The number of dihydropyridines is 1. The number of carbonyl (C=O) groups excluding carboxylic acids is 2. The van der Waals surface area contributed by atoms with E-state index < -0.39 is 5.92 Å². The molecule has 0 radical (unpaired) electrons. The van der Waals surface area contributed by atoms with Gasteiger partial charge in [-0.25, -0.2) is 4.39 Å². The van der Waals surface area contributed by atoms with E-state index in [1.807, 2.05) is 19.1 Å². The lowest BCUT2D eigenvalue weighted by atomic mass is 9.64. The van der Waals surface area contributed by atoms with Crippen molar-refractivity contribution in [2.24, 2.45) is 10.8 Å². The number of hydrogen-bond donors (Lipinski definition) is 1. The second kappa shape index (κ2) is 9.72. The molecule has 5 rings (SSSR count). The lowest BCUT2D eigenvalue weighted by Gasteiger charge is -2.44. The normalized spacial score (nSPS) is 20.6. The van der Waals surface area contributed by atoms with Crippen LogP contribution in [0.1, 0.15) is 77.3 Å². The zero-order chi connectivity index (χ0) is 27.2. The molecule has 2 aliphatic carbocycles. The van der Waals surface area contributed by atoms with Gasteiger partial charge >= 0.3 is 0 Å². The molecule has 0 amide bonds. The third-order valence-corrected chi connectivity index (χ3v) is 7.66. The highest BCUT2D eigenvalue weighted by Crippen LogP contribution is 2.51. The van der Waals surface area contributed by atoms with Crippen molar-refractivity contribution in [3.8, 4) is 11.5 Å². The Bertz CT molecular complexity index is 1320. The maximum Gasteiger partial charge on any atom is 0.162 e. The molecule has 0 unspecified atom stereocenters. The third-order valence-electron chi connectivity index (χ3n) is 7.66. The van der Waals surface area contributed by atoms with Gasteiger partial charge in [0.25, 0.3) is 0 Å². The zero-order valence-corrected chi connectivity index (χ0v) is 22.9. The first-order valence-corrected chi connectivity index (χ1v) is 13.4. The van der Waals surface area contributed by atoms with Crippen molar-refractivity contribution in [3.63, 3.8) is 0 Å². The lowest BCUT2D eigenvalue weighted by molar-refractivity contribution is -0.119. The van der Waals surface area contributed by atoms with Gasteiger partial charge in [0.05, 0.1) is 6.61 Å². The number of nitrogens with one attached hydrogen (secondary N) is 1. The summed E-state index contributed by atoms with van der Waals surface area (Å²) >= 11 is 0. The van der Waals surface area contributed by atoms with Gasteiger partial charge in [-0.15, -0.1) is 0 Å². The highest BCUT2D eigenvalue weighted by atomic mass is 19.1. The van der Waals surface area contributed by atoms with Gasteiger partial charge in [-0.1, -0.05) is 52.0 Å². The fourth-order valence-electron chi connectivity index (χ4n) is 6.08. The number of benzene rings is 2. The summed E-state index contributed by atoms with van der Waals surface area (Å²) in [7, 11) is 0. The van der Waals surface area contributed by atoms with Crippen LogP contribution >= 0.6 is 0 Å². The first kappa shape index (κ1) is 26.2. The molecule has 0 fully saturated rings. The molecule has 1 aliphatic heterocycles. The van der Waals surface area contributed by atoms with Crippen LogP contribution in [0.5, 0.6) is 11.5 Å². The van der Waals surface area contributed by atoms with Crippen LogP contribution in [0.3, 0.4) is 0 Å². The Morgan fingerprint density at radius 1 is 0.842 bits per heavy atom. The maximum absolute atomic E-state index is 14.2. The van der Waals surface area contributed by atoms with Crippen LogP contribution in [-0.4, -0.2) is 18.2 Å². The highest BCUT2D eigenvalue weighted by molar-refractivity contribution is 6.06. The van der Waals surface area contributed by atoms with E-state index in [2.05, 4.69) is 33.0 Å². The SMILES string of the molecule is CCOc1cc(C2C3=C(CC(C)(C)CC3=O)NC3=C2C(=O)CC(C)(C)C3)ccc1OCc1ccccc1F. The van der Waals surface area contributed by atoms with E-state index in [4.69, 9.17) is 9.47 Å². The molecule has 3 aliphatic rings. The molecule has 2 aromatic carbocycles. The number of halogens is 1. The fourth-order valence-corrected chi connectivity index (χ4v) is 6.08. The number of rotatable bonds is 6. The second-order valence-electron chi connectivity index (χ2n) is 12.2. The largest absolute Gasteiger partial charge is 0.490 e. The van der Waals surface area contributed by atoms with Crippen molar-refractivity contribution >= 4 is 11.6 Å². The summed E-state index contributed by atoms with van der Waals surface area (Å²) in [5.74, 6) is 0.382. The molecule has 38 heavy (non-hydrogen) atoms. The van der Waals surface area contributed by atoms with Crippen molar-refractivity contribution in [1.82, 2.24) is 5.32 Å². The van der Waals surface area contributed by atoms with Gasteiger partial charge in [-0.05, 0) is 54.4 Å². The van der Waals surface area contributed by atoms with Crippen LogP contribution in [-0.2, 0) is 16.2 Å². The Labute approximate surface area is 224 Å². The van der Waals surface area contributed by atoms with Crippen LogP contribution in [0.2, 0.25) is 0 Å². The van der Waals surface area contributed by atoms with E-state index in [1.165, 1.54) is 6.07 Å². The highest BCUT2D eigenvalue weighted by Gasteiger charge is 2.46. The molecule has 200 valence electrons. The average molecular weight is 518 g/mol. The number of hydrogen-bond acceptors (Lipinski definition) is 5. The Morgan fingerprint density at radius 2 is 1.45 bits per heavy atom. The molecule has 0 saturated carbocycles. The van der Waals surface area contributed by atoms with E-state index in [0.717, 1.165) is 29.8 Å². The molecular formula is C32H36FNO4. The predicted molar refractivity (Wildman–Crippen MR) is 144 cm³/mol. The number of carbonyl (C=O) groups is 2. The first-order valence-electron chi connectivity index (χ1n) is 13.4. The fraction of sp³-hybridized carbons (Fsp3) is 0.438. The van der Waals surface area contributed by atoms with Gasteiger partial charge < -0.3 is 14.8 Å². The van der Waals surface area contributed by atoms with E-state index >= 15 is 0 Å². The van der Waals surface area contributed by atoms with Crippen molar-refractivity contribution in [3.05, 3.63) is 81.9 Å². The topological polar surface area (TPSA) is 64.6 Å². The van der Waals surface area contributed by atoms with Gasteiger partial charge in [0.1, 0.15) is 12.4 Å². The average Bonchev–Trinajstić information content (AvgIpc) is 2.81. The summed E-state index contributed by atoms with van der Waals surface area (Å²) in [5, 5.41) is 3.55.